The zero-order valence-corrected chi connectivity index (χ0v) is 13.3. The number of alkyl carbamates (subject to hydrolysis) is 1. The van der Waals surface area contributed by atoms with E-state index in [1.807, 2.05) is 0 Å². The zero-order valence-electron chi connectivity index (χ0n) is 12.5. The van der Waals surface area contributed by atoms with Gasteiger partial charge in [-0.05, 0) is 20.8 Å². The van der Waals surface area contributed by atoms with Crippen molar-refractivity contribution in [2.75, 3.05) is 13.3 Å². The number of β-lactam (4-membered cyclic amide) rings is 1. The number of carbonyl (C=O) groups excluding carboxylic acids is 3. The molecule has 2 amide bonds. The van der Waals surface area contributed by atoms with Gasteiger partial charge in [-0.25, -0.2) is 18.0 Å². The number of ether oxygens (including phenoxy) is 2. The van der Waals surface area contributed by atoms with Gasteiger partial charge in [0.25, 0.3) is 0 Å². The van der Waals surface area contributed by atoms with Crippen molar-refractivity contribution in [1.29, 1.82) is 0 Å². The summed E-state index contributed by atoms with van der Waals surface area (Å²) < 4.78 is 32.6. The second-order valence-corrected chi connectivity index (χ2v) is 8.20. The molecule has 2 saturated heterocycles. The lowest BCUT2D eigenvalue weighted by Gasteiger charge is -2.36. The molecule has 2 aliphatic rings. The number of fused-ring (bicyclic) bond motifs is 1. The molecule has 2 heterocycles. The third-order valence-electron chi connectivity index (χ3n) is 3.91. The normalized spacial score (nSPS) is 27.6. The number of hydrogen-bond donors (Lipinski definition) is 1. The number of nitrogens with zero attached hydrogens (tertiary/aromatic N) is 1. The van der Waals surface area contributed by atoms with Crippen LogP contribution in [0.25, 0.3) is 0 Å². The SMILES string of the molecule is CCOC(=O)NCOC(=O)[C@@H]1N2C(=O)C[C@H]2S(=O)(=O)C1(C)C. The summed E-state index contributed by atoms with van der Waals surface area (Å²) in [6, 6.07) is -1.22. The van der Waals surface area contributed by atoms with Crippen molar-refractivity contribution >= 4 is 27.8 Å². The first-order chi connectivity index (χ1) is 10.1. The van der Waals surface area contributed by atoms with E-state index in [0.29, 0.717) is 0 Å². The summed E-state index contributed by atoms with van der Waals surface area (Å²) in [5.74, 6) is -1.28. The van der Waals surface area contributed by atoms with Gasteiger partial charge < -0.3 is 14.4 Å². The quantitative estimate of drug-likeness (QED) is 0.413. The van der Waals surface area contributed by atoms with Crippen molar-refractivity contribution in [2.24, 2.45) is 0 Å². The maximum Gasteiger partial charge on any atom is 0.409 e. The summed E-state index contributed by atoms with van der Waals surface area (Å²) in [5.41, 5.74) is 0. The summed E-state index contributed by atoms with van der Waals surface area (Å²) in [6.45, 7) is 4.10. The highest BCUT2D eigenvalue weighted by molar-refractivity contribution is 7.93. The number of hydrogen-bond acceptors (Lipinski definition) is 7. The van der Waals surface area contributed by atoms with Crippen LogP contribution in [0, 0.1) is 0 Å². The van der Waals surface area contributed by atoms with Gasteiger partial charge in [-0.2, -0.15) is 0 Å². The predicted molar refractivity (Wildman–Crippen MR) is 73.2 cm³/mol. The number of rotatable bonds is 4. The molecule has 0 aromatic carbocycles. The molecule has 2 atom stereocenters. The molecule has 0 spiro atoms. The minimum Gasteiger partial charge on any atom is -0.450 e. The van der Waals surface area contributed by atoms with E-state index in [-0.39, 0.29) is 13.0 Å². The van der Waals surface area contributed by atoms with E-state index < -0.39 is 50.7 Å². The Balaban J connectivity index is 2.06. The Hall–Kier alpha value is -1.84. The highest BCUT2D eigenvalue weighted by Crippen LogP contribution is 2.45. The van der Waals surface area contributed by atoms with Crippen LogP contribution < -0.4 is 5.32 Å². The molecule has 10 heteroatoms. The Morgan fingerprint density at radius 2 is 2.00 bits per heavy atom. The Labute approximate surface area is 127 Å². The van der Waals surface area contributed by atoms with E-state index in [1.54, 1.807) is 6.92 Å². The number of amides is 2. The van der Waals surface area contributed by atoms with E-state index in [2.05, 4.69) is 10.1 Å². The van der Waals surface area contributed by atoms with Crippen LogP contribution in [0.2, 0.25) is 0 Å². The van der Waals surface area contributed by atoms with Gasteiger partial charge in [0.15, 0.2) is 16.6 Å². The van der Waals surface area contributed by atoms with Crippen molar-refractivity contribution in [2.45, 2.75) is 43.4 Å². The third kappa shape index (κ3) is 2.31. The molecule has 0 aromatic rings. The average molecular weight is 334 g/mol. The highest BCUT2D eigenvalue weighted by atomic mass is 32.2. The molecule has 0 aliphatic carbocycles. The smallest absolute Gasteiger partial charge is 0.409 e. The molecule has 0 unspecified atom stereocenters. The van der Waals surface area contributed by atoms with E-state index in [0.717, 1.165) is 4.90 Å². The van der Waals surface area contributed by atoms with E-state index in [4.69, 9.17) is 4.74 Å². The summed E-state index contributed by atoms with van der Waals surface area (Å²) >= 11 is 0. The Bertz CT molecular complexity index is 613. The van der Waals surface area contributed by atoms with Crippen LogP contribution in [-0.2, 0) is 28.9 Å². The monoisotopic (exact) mass is 334 g/mol. The van der Waals surface area contributed by atoms with Gasteiger partial charge in [0.05, 0.1) is 17.8 Å². The molecular formula is C12H18N2O7S. The fourth-order valence-electron chi connectivity index (χ4n) is 2.64. The predicted octanol–water partition coefficient (Wildman–Crippen LogP) is -0.633. The summed E-state index contributed by atoms with van der Waals surface area (Å²) in [7, 11) is -3.65. The molecule has 0 bridgehead atoms. The van der Waals surface area contributed by atoms with Crippen LogP contribution in [-0.4, -0.2) is 60.8 Å². The molecule has 0 aromatic heterocycles. The minimum atomic E-state index is -3.65. The van der Waals surface area contributed by atoms with Crippen LogP contribution in [0.3, 0.4) is 0 Å². The van der Waals surface area contributed by atoms with Crippen molar-refractivity contribution in [3.05, 3.63) is 0 Å². The van der Waals surface area contributed by atoms with E-state index in [9.17, 15) is 22.8 Å². The number of carbonyl (C=O) groups is 3. The molecule has 0 radical (unpaired) electrons. The first-order valence-electron chi connectivity index (χ1n) is 6.76. The number of sulfone groups is 1. The summed E-state index contributed by atoms with van der Waals surface area (Å²) in [5, 5.41) is 1.22. The van der Waals surface area contributed by atoms with Crippen LogP contribution in [0.5, 0.6) is 0 Å². The first kappa shape index (κ1) is 16.5. The maximum atomic E-state index is 12.3. The average Bonchev–Trinajstić information content (AvgIpc) is 2.53. The van der Waals surface area contributed by atoms with Crippen LogP contribution in [0.15, 0.2) is 0 Å². The molecule has 0 saturated carbocycles. The van der Waals surface area contributed by atoms with Gasteiger partial charge >= 0.3 is 12.1 Å². The summed E-state index contributed by atoms with van der Waals surface area (Å²) in [4.78, 5) is 35.9. The van der Waals surface area contributed by atoms with Gasteiger partial charge in [0.1, 0.15) is 11.4 Å². The van der Waals surface area contributed by atoms with Crippen LogP contribution in [0.4, 0.5) is 4.79 Å². The van der Waals surface area contributed by atoms with Crippen LogP contribution >= 0.6 is 0 Å². The molecule has 2 rings (SSSR count). The molecule has 2 aliphatic heterocycles. The maximum absolute atomic E-state index is 12.3. The molecule has 124 valence electrons. The van der Waals surface area contributed by atoms with Crippen molar-refractivity contribution in [1.82, 2.24) is 10.2 Å². The minimum absolute atomic E-state index is 0.114. The number of esters is 1. The topological polar surface area (TPSA) is 119 Å². The van der Waals surface area contributed by atoms with Crippen molar-refractivity contribution in [3.8, 4) is 0 Å². The lowest BCUT2D eigenvalue weighted by molar-refractivity contribution is -0.161. The second kappa shape index (κ2) is 5.41. The Morgan fingerprint density at radius 3 is 2.55 bits per heavy atom. The van der Waals surface area contributed by atoms with Gasteiger partial charge in [-0.3, -0.25) is 10.1 Å². The van der Waals surface area contributed by atoms with Crippen LogP contribution in [0.1, 0.15) is 27.2 Å². The lowest BCUT2D eigenvalue weighted by atomic mass is 9.98. The lowest BCUT2D eigenvalue weighted by Crippen LogP contribution is -2.57. The number of nitrogens with one attached hydrogen (secondary N) is 1. The zero-order chi connectivity index (χ0) is 16.7. The van der Waals surface area contributed by atoms with Crippen molar-refractivity contribution in [3.63, 3.8) is 0 Å². The molecule has 2 fully saturated rings. The highest BCUT2D eigenvalue weighted by Gasteiger charge is 2.68. The van der Waals surface area contributed by atoms with E-state index in [1.165, 1.54) is 13.8 Å². The second-order valence-electron chi connectivity index (χ2n) is 5.52. The Kier molecular flexibility index (Phi) is 4.07. The van der Waals surface area contributed by atoms with Crippen molar-refractivity contribution < 1.29 is 32.3 Å². The molecule has 9 nitrogen and oxygen atoms in total. The molecular weight excluding hydrogens is 316 g/mol. The fraction of sp³-hybridized carbons (Fsp3) is 0.750. The van der Waals surface area contributed by atoms with E-state index >= 15 is 0 Å². The molecule has 1 N–H and O–H groups in total. The van der Waals surface area contributed by atoms with Gasteiger partial charge in [0, 0.05) is 0 Å². The van der Waals surface area contributed by atoms with Gasteiger partial charge in [-0.15, -0.1) is 0 Å². The van der Waals surface area contributed by atoms with Gasteiger partial charge in [0.2, 0.25) is 5.91 Å². The first-order valence-corrected chi connectivity index (χ1v) is 8.31. The largest absolute Gasteiger partial charge is 0.450 e. The standard InChI is InChI=1S/C12H18N2O7S/c1-4-20-11(17)13-6-21-10(16)9-12(2,3)22(18,19)8-5-7(15)14(8)9/h8-9H,4-6H2,1-3H3,(H,13,17)/t8-,9+/m1/s1. The molecule has 22 heavy (non-hydrogen) atoms. The third-order valence-corrected chi connectivity index (χ3v) is 6.71. The van der Waals surface area contributed by atoms with Gasteiger partial charge in [-0.1, -0.05) is 0 Å². The Morgan fingerprint density at radius 1 is 1.36 bits per heavy atom. The summed E-state index contributed by atoms with van der Waals surface area (Å²) in [6.07, 6.45) is -0.872. The fourth-order valence-corrected chi connectivity index (χ4v) is 4.76.